The van der Waals surface area contributed by atoms with Crippen LogP contribution >= 0.6 is 11.3 Å². The fraction of sp³-hybridized carbons (Fsp3) is 0. The molecule has 0 saturated heterocycles. The normalized spacial score (nSPS) is 11.8. The van der Waals surface area contributed by atoms with Crippen LogP contribution in [-0.4, -0.2) is 9.97 Å². The molecule has 0 aliphatic rings. The minimum Gasteiger partial charge on any atom is -0.455 e. The van der Waals surface area contributed by atoms with Gasteiger partial charge in [-0.1, -0.05) is 103 Å². The van der Waals surface area contributed by atoms with Crippen molar-refractivity contribution in [3.8, 4) is 33.8 Å². The lowest BCUT2D eigenvalue weighted by Crippen LogP contribution is -1.94. The Labute approximate surface area is 245 Å². The first kappa shape index (κ1) is 23.4. The zero-order valence-electron chi connectivity index (χ0n) is 22.4. The maximum Gasteiger partial charge on any atom is 0.161 e. The van der Waals surface area contributed by atoms with Crippen LogP contribution in [0.25, 0.3) is 86.8 Å². The molecule has 0 unspecified atom stereocenters. The van der Waals surface area contributed by atoms with Crippen molar-refractivity contribution in [3.63, 3.8) is 0 Å². The molecule has 9 aromatic rings. The van der Waals surface area contributed by atoms with Crippen LogP contribution in [0.2, 0.25) is 0 Å². The Morgan fingerprint density at radius 2 is 1.29 bits per heavy atom. The third-order valence-corrected chi connectivity index (χ3v) is 9.26. The van der Waals surface area contributed by atoms with Crippen molar-refractivity contribution >= 4 is 64.4 Å². The molecular weight excluding hydrogens is 532 g/mol. The first-order valence-corrected chi connectivity index (χ1v) is 14.8. The topological polar surface area (TPSA) is 38.9 Å². The fourth-order valence-corrected chi connectivity index (χ4v) is 7.26. The van der Waals surface area contributed by atoms with Gasteiger partial charge in [-0.05, 0) is 46.7 Å². The van der Waals surface area contributed by atoms with Gasteiger partial charge < -0.3 is 4.42 Å². The summed E-state index contributed by atoms with van der Waals surface area (Å²) < 4.78 is 8.93. The van der Waals surface area contributed by atoms with Gasteiger partial charge in [-0.25, -0.2) is 9.97 Å². The molecule has 6 aromatic carbocycles. The second kappa shape index (κ2) is 9.10. The summed E-state index contributed by atoms with van der Waals surface area (Å²) >= 11 is 1.75. The minimum absolute atomic E-state index is 0.700. The van der Waals surface area contributed by atoms with Crippen LogP contribution in [0.1, 0.15) is 0 Å². The number of hydrogen-bond donors (Lipinski definition) is 0. The summed E-state index contributed by atoms with van der Waals surface area (Å²) in [5, 5.41) is 5.67. The van der Waals surface area contributed by atoms with Crippen molar-refractivity contribution in [2.75, 3.05) is 0 Å². The lowest BCUT2D eigenvalue weighted by atomic mass is 9.96. The molecule has 0 amide bonds. The van der Waals surface area contributed by atoms with E-state index < -0.39 is 0 Å². The van der Waals surface area contributed by atoms with Gasteiger partial charge >= 0.3 is 0 Å². The first-order valence-electron chi connectivity index (χ1n) is 14.0. The van der Waals surface area contributed by atoms with E-state index in [1.54, 1.807) is 11.3 Å². The predicted molar refractivity (Wildman–Crippen MR) is 176 cm³/mol. The number of aromatic nitrogens is 2. The highest BCUT2D eigenvalue weighted by molar-refractivity contribution is 7.26. The quantitative estimate of drug-likeness (QED) is 0.218. The summed E-state index contributed by atoms with van der Waals surface area (Å²) in [6, 6.07) is 46.5. The number of thiophene rings is 1. The zero-order chi connectivity index (χ0) is 27.6. The lowest BCUT2D eigenvalue weighted by Gasteiger charge is -2.10. The van der Waals surface area contributed by atoms with Crippen molar-refractivity contribution in [1.29, 1.82) is 0 Å². The van der Waals surface area contributed by atoms with Gasteiger partial charge in [-0.2, -0.15) is 0 Å². The monoisotopic (exact) mass is 554 g/mol. The Hall–Kier alpha value is -5.32. The molecule has 0 atom stereocenters. The number of rotatable bonds is 3. The van der Waals surface area contributed by atoms with E-state index in [0.717, 1.165) is 65.5 Å². The molecule has 3 heterocycles. The molecule has 0 N–H and O–H groups in total. The molecule has 0 saturated carbocycles. The van der Waals surface area contributed by atoms with Crippen molar-refractivity contribution in [2.24, 2.45) is 0 Å². The van der Waals surface area contributed by atoms with Gasteiger partial charge in [0.15, 0.2) is 5.82 Å². The highest BCUT2D eigenvalue weighted by atomic mass is 32.1. The van der Waals surface area contributed by atoms with Crippen LogP contribution in [0, 0.1) is 0 Å². The summed E-state index contributed by atoms with van der Waals surface area (Å²) in [4.78, 5) is 10.5. The third kappa shape index (κ3) is 3.52. The summed E-state index contributed by atoms with van der Waals surface area (Å²) in [7, 11) is 0. The molecule has 3 nitrogen and oxygen atoms in total. The second-order valence-electron chi connectivity index (χ2n) is 10.6. The van der Waals surface area contributed by atoms with E-state index in [-0.39, 0.29) is 0 Å². The molecule has 196 valence electrons. The van der Waals surface area contributed by atoms with Crippen LogP contribution in [0.5, 0.6) is 0 Å². The van der Waals surface area contributed by atoms with Gasteiger partial charge in [0.1, 0.15) is 11.2 Å². The Bertz CT molecular complexity index is 2470. The van der Waals surface area contributed by atoms with E-state index in [4.69, 9.17) is 14.4 Å². The molecule has 4 heteroatoms. The molecular formula is C38H22N2OS. The third-order valence-electron chi connectivity index (χ3n) is 8.09. The number of benzene rings is 6. The van der Waals surface area contributed by atoms with Crippen molar-refractivity contribution in [2.45, 2.75) is 0 Å². The summed E-state index contributed by atoms with van der Waals surface area (Å²) in [6.07, 6.45) is 0. The number of fused-ring (bicyclic) bond motifs is 7. The van der Waals surface area contributed by atoms with Gasteiger partial charge in [-0.3, -0.25) is 0 Å². The molecule has 9 rings (SSSR count). The van der Waals surface area contributed by atoms with E-state index in [9.17, 15) is 0 Å². The van der Waals surface area contributed by atoms with Crippen LogP contribution in [0.4, 0.5) is 0 Å². The molecule has 0 aliphatic heterocycles. The highest BCUT2D eigenvalue weighted by Crippen LogP contribution is 2.44. The van der Waals surface area contributed by atoms with Gasteiger partial charge in [0, 0.05) is 37.5 Å². The number of hydrogen-bond acceptors (Lipinski definition) is 4. The van der Waals surface area contributed by atoms with Crippen molar-refractivity contribution in [3.05, 3.63) is 133 Å². The molecule has 3 aromatic heterocycles. The van der Waals surface area contributed by atoms with Crippen molar-refractivity contribution in [1.82, 2.24) is 9.97 Å². The van der Waals surface area contributed by atoms with E-state index >= 15 is 0 Å². The van der Waals surface area contributed by atoms with Crippen LogP contribution in [-0.2, 0) is 0 Å². The van der Waals surface area contributed by atoms with E-state index in [0.29, 0.717) is 5.82 Å². The van der Waals surface area contributed by atoms with Crippen LogP contribution < -0.4 is 0 Å². The summed E-state index contributed by atoms with van der Waals surface area (Å²) in [5.74, 6) is 0.700. The Morgan fingerprint density at radius 3 is 2.19 bits per heavy atom. The number of nitrogens with zero attached hydrogens (tertiary/aromatic N) is 2. The Kier molecular flexibility index (Phi) is 5.07. The Morgan fingerprint density at radius 1 is 0.548 bits per heavy atom. The summed E-state index contributed by atoms with van der Waals surface area (Å²) in [5.41, 5.74) is 7.87. The molecule has 0 fully saturated rings. The van der Waals surface area contributed by atoms with Gasteiger partial charge in [0.05, 0.1) is 15.9 Å². The molecule has 0 radical (unpaired) electrons. The standard InChI is InChI=1S/C38H22N2OS/c1-2-11-24(12-3-1)34-37-35(29-15-7-9-17-32(29)42-37)40-38(39-34)30-21-20-27(26-19-18-23-10-4-5-13-25(23)22-26)36-33(30)28-14-6-8-16-31(28)41-36/h1-22H. The largest absolute Gasteiger partial charge is 0.455 e. The van der Waals surface area contributed by atoms with Crippen molar-refractivity contribution < 1.29 is 4.42 Å². The molecule has 0 aliphatic carbocycles. The average molecular weight is 555 g/mol. The van der Waals surface area contributed by atoms with Gasteiger partial charge in [0.2, 0.25) is 0 Å². The predicted octanol–water partition coefficient (Wildman–Crippen LogP) is 10.9. The molecule has 42 heavy (non-hydrogen) atoms. The average Bonchev–Trinajstić information content (AvgIpc) is 3.63. The maximum absolute atomic E-state index is 6.62. The fourth-order valence-electron chi connectivity index (χ4n) is 6.10. The van der Waals surface area contributed by atoms with E-state index in [1.807, 2.05) is 18.2 Å². The maximum atomic E-state index is 6.62. The minimum atomic E-state index is 0.700. The first-order chi connectivity index (χ1) is 20.8. The van der Waals surface area contributed by atoms with Crippen LogP contribution in [0.15, 0.2) is 138 Å². The van der Waals surface area contributed by atoms with Crippen LogP contribution in [0.3, 0.4) is 0 Å². The Balaban J connectivity index is 1.37. The van der Waals surface area contributed by atoms with E-state index in [2.05, 4.69) is 115 Å². The smallest absolute Gasteiger partial charge is 0.161 e. The zero-order valence-corrected chi connectivity index (χ0v) is 23.2. The molecule has 0 spiro atoms. The molecule has 0 bridgehead atoms. The number of para-hydroxylation sites is 1. The SMILES string of the molecule is c1ccc(-c2nc(-c3ccc(-c4ccc5ccccc5c4)c4oc5ccccc5c34)nc3c2sc2ccccc23)cc1. The van der Waals surface area contributed by atoms with E-state index in [1.165, 1.54) is 15.5 Å². The number of furan rings is 1. The second-order valence-corrected chi connectivity index (χ2v) is 11.6. The van der Waals surface area contributed by atoms with Gasteiger partial charge in [0.25, 0.3) is 0 Å². The summed E-state index contributed by atoms with van der Waals surface area (Å²) in [6.45, 7) is 0. The van der Waals surface area contributed by atoms with Gasteiger partial charge in [-0.15, -0.1) is 11.3 Å². The highest BCUT2D eigenvalue weighted by Gasteiger charge is 2.21. The lowest BCUT2D eigenvalue weighted by molar-refractivity contribution is 0.670.